The Kier molecular flexibility index (Phi) is 5.50. The van der Waals surface area contributed by atoms with Crippen LogP contribution < -0.4 is 5.32 Å². The number of thiazole rings is 1. The van der Waals surface area contributed by atoms with E-state index in [1.54, 1.807) is 11.8 Å². The molecule has 29 heavy (non-hydrogen) atoms. The summed E-state index contributed by atoms with van der Waals surface area (Å²) < 4.78 is 2.13. The molecule has 0 radical (unpaired) electrons. The number of carbonyl (C=O) groups excluding carboxylic acids is 1. The first-order valence-electron chi connectivity index (χ1n) is 8.98. The minimum atomic E-state index is -0.165. The van der Waals surface area contributed by atoms with Gasteiger partial charge in [-0.05, 0) is 37.6 Å². The fourth-order valence-electron chi connectivity index (χ4n) is 2.91. The summed E-state index contributed by atoms with van der Waals surface area (Å²) in [5.74, 6) is 0.587. The molecule has 4 rings (SSSR count). The summed E-state index contributed by atoms with van der Waals surface area (Å²) in [7, 11) is 2.04. The fourth-order valence-corrected chi connectivity index (χ4v) is 4.35. The van der Waals surface area contributed by atoms with Crippen molar-refractivity contribution in [3.05, 3.63) is 64.6 Å². The molecule has 4 aromatic rings. The highest BCUT2D eigenvalue weighted by molar-refractivity contribution is 7.98. The van der Waals surface area contributed by atoms with Crippen LogP contribution in [0, 0.1) is 13.8 Å². The first-order valence-corrected chi connectivity index (χ1v) is 10.8. The molecule has 0 saturated carbocycles. The highest BCUT2D eigenvalue weighted by Crippen LogP contribution is 2.29. The predicted octanol–water partition coefficient (Wildman–Crippen LogP) is 4.43. The average Bonchev–Trinajstić information content (AvgIpc) is 3.46. The lowest BCUT2D eigenvalue weighted by Gasteiger charge is -2.04. The van der Waals surface area contributed by atoms with E-state index in [-0.39, 0.29) is 5.91 Å². The number of carbonyl (C=O) groups is 1. The smallest absolute Gasteiger partial charge is 0.257 e. The van der Waals surface area contributed by atoms with Crippen molar-refractivity contribution in [2.24, 2.45) is 7.05 Å². The third-order valence-electron chi connectivity index (χ3n) is 4.76. The van der Waals surface area contributed by atoms with Crippen LogP contribution in [0.5, 0.6) is 0 Å². The SMILES string of the molecule is Cc1cc(-c2csc(NC(=O)c3ccc(CSc4ncn[nH]4)cc3)n2)c(C)n1C. The summed E-state index contributed by atoms with van der Waals surface area (Å²) in [5.41, 5.74) is 6.01. The monoisotopic (exact) mass is 424 g/mol. The Balaban J connectivity index is 1.40. The van der Waals surface area contributed by atoms with E-state index in [1.807, 2.05) is 36.7 Å². The van der Waals surface area contributed by atoms with Gasteiger partial charge in [-0.1, -0.05) is 23.9 Å². The van der Waals surface area contributed by atoms with Crippen molar-refractivity contribution in [1.82, 2.24) is 24.7 Å². The molecule has 2 N–H and O–H groups in total. The maximum absolute atomic E-state index is 12.6. The van der Waals surface area contributed by atoms with Gasteiger partial charge in [0, 0.05) is 40.7 Å². The summed E-state index contributed by atoms with van der Waals surface area (Å²) in [6.45, 7) is 4.14. The lowest BCUT2D eigenvalue weighted by molar-refractivity contribution is 0.102. The van der Waals surface area contributed by atoms with Crippen molar-refractivity contribution in [2.75, 3.05) is 5.32 Å². The van der Waals surface area contributed by atoms with Crippen LogP contribution in [0.2, 0.25) is 0 Å². The Morgan fingerprint density at radius 3 is 2.72 bits per heavy atom. The Morgan fingerprint density at radius 1 is 1.28 bits per heavy atom. The Labute approximate surface area is 176 Å². The number of nitrogens with zero attached hydrogens (tertiary/aromatic N) is 4. The number of hydrogen-bond acceptors (Lipinski definition) is 6. The molecule has 0 fully saturated rings. The molecular formula is C20H20N6OS2. The molecule has 1 amide bonds. The van der Waals surface area contributed by atoms with E-state index in [4.69, 9.17) is 0 Å². The van der Waals surface area contributed by atoms with Gasteiger partial charge in [0.2, 0.25) is 0 Å². The van der Waals surface area contributed by atoms with Gasteiger partial charge in [0.25, 0.3) is 5.91 Å². The molecule has 148 valence electrons. The van der Waals surface area contributed by atoms with E-state index in [9.17, 15) is 4.79 Å². The number of thioether (sulfide) groups is 1. The number of anilines is 1. The van der Waals surface area contributed by atoms with Gasteiger partial charge in [-0.3, -0.25) is 15.2 Å². The van der Waals surface area contributed by atoms with Crippen LogP contribution in [0.15, 0.2) is 47.2 Å². The predicted molar refractivity (Wildman–Crippen MR) is 116 cm³/mol. The number of benzene rings is 1. The minimum absolute atomic E-state index is 0.165. The average molecular weight is 425 g/mol. The van der Waals surface area contributed by atoms with E-state index < -0.39 is 0 Å². The summed E-state index contributed by atoms with van der Waals surface area (Å²) in [4.78, 5) is 21.2. The quantitative estimate of drug-likeness (QED) is 0.447. The molecule has 0 unspecified atom stereocenters. The van der Waals surface area contributed by atoms with Crippen molar-refractivity contribution < 1.29 is 4.79 Å². The summed E-state index contributed by atoms with van der Waals surface area (Å²) >= 11 is 2.99. The third kappa shape index (κ3) is 4.25. The molecule has 0 aliphatic carbocycles. The fraction of sp³-hybridized carbons (Fsp3) is 0.200. The number of aryl methyl sites for hydroxylation is 1. The Morgan fingerprint density at radius 2 is 2.07 bits per heavy atom. The molecule has 0 saturated heterocycles. The van der Waals surface area contributed by atoms with Crippen LogP contribution in [0.1, 0.15) is 27.3 Å². The van der Waals surface area contributed by atoms with Gasteiger partial charge in [-0.25, -0.2) is 9.97 Å². The van der Waals surface area contributed by atoms with Crippen LogP contribution in [-0.2, 0) is 12.8 Å². The van der Waals surface area contributed by atoms with Crippen molar-refractivity contribution in [3.63, 3.8) is 0 Å². The van der Waals surface area contributed by atoms with Crippen molar-refractivity contribution >= 4 is 34.1 Å². The van der Waals surface area contributed by atoms with Gasteiger partial charge in [0.15, 0.2) is 10.3 Å². The van der Waals surface area contributed by atoms with Crippen LogP contribution >= 0.6 is 23.1 Å². The molecule has 3 aromatic heterocycles. The van der Waals surface area contributed by atoms with Gasteiger partial charge >= 0.3 is 0 Å². The first kappa shape index (κ1) is 19.4. The first-order chi connectivity index (χ1) is 14.0. The highest BCUT2D eigenvalue weighted by atomic mass is 32.2. The van der Waals surface area contributed by atoms with Gasteiger partial charge < -0.3 is 4.57 Å². The van der Waals surface area contributed by atoms with Gasteiger partial charge in [0.05, 0.1) is 5.69 Å². The molecular weight excluding hydrogens is 404 g/mol. The molecule has 0 aliphatic rings. The Hall–Kier alpha value is -2.91. The number of aromatic nitrogens is 5. The minimum Gasteiger partial charge on any atom is -0.351 e. The maximum Gasteiger partial charge on any atom is 0.257 e. The number of H-pyrrole nitrogens is 1. The van der Waals surface area contributed by atoms with Crippen LogP contribution in [0.4, 0.5) is 5.13 Å². The standard InChI is InChI=1S/C20H20N6OS2/c1-12-8-16(13(2)26(12)3)17-10-29-20(23-17)24-18(27)15-6-4-14(5-7-15)9-28-19-21-11-22-25-19/h4-8,10-11H,9H2,1-3H3,(H,21,22,25)(H,23,24,27). The van der Waals surface area contributed by atoms with Crippen molar-refractivity contribution in [1.29, 1.82) is 0 Å². The van der Waals surface area contributed by atoms with E-state index in [0.29, 0.717) is 10.7 Å². The van der Waals surface area contributed by atoms with Crippen molar-refractivity contribution in [3.8, 4) is 11.3 Å². The van der Waals surface area contributed by atoms with Crippen LogP contribution in [0.3, 0.4) is 0 Å². The second-order valence-corrected chi connectivity index (χ2v) is 8.43. The zero-order valence-electron chi connectivity index (χ0n) is 16.3. The number of rotatable bonds is 6. The van der Waals surface area contributed by atoms with Crippen LogP contribution in [0.25, 0.3) is 11.3 Å². The normalized spacial score (nSPS) is 11.0. The van der Waals surface area contributed by atoms with E-state index in [2.05, 4.69) is 50.0 Å². The maximum atomic E-state index is 12.6. The number of amides is 1. The molecule has 3 heterocycles. The highest BCUT2D eigenvalue weighted by Gasteiger charge is 2.14. The second kappa shape index (κ2) is 8.22. The molecule has 0 spiro atoms. The number of hydrogen-bond donors (Lipinski definition) is 2. The second-order valence-electron chi connectivity index (χ2n) is 6.61. The van der Waals surface area contributed by atoms with Gasteiger partial charge in [-0.15, -0.1) is 11.3 Å². The molecule has 9 heteroatoms. The topological polar surface area (TPSA) is 88.5 Å². The number of nitrogens with one attached hydrogen (secondary N) is 2. The molecule has 0 aliphatic heterocycles. The molecule has 7 nitrogen and oxygen atoms in total. The molecule has 0 bridgehead atoms. The lowest BCUT2D eigenvalue weighted by atomic mass is 10.1. The largest absolute Gasteiger partial charge is 0.351 e. The van der Waals surface area contributed by atoms with Crippen molar-refractivity contribution in [2.45, 2.75) is 24.8 Å². The van der Waals surface area contributed by atoms with Gasteiger partial charge in [-0.2, -0.15) is 5.10 Å². The lowest BCUT2D eigenvalue weighted by Crippen LogP contribution is -2.11. The third-order valence-corrected chi connectivity index (χ3v) is 6.47. The summed E-state index contributed by atoms with van der Waals surface area (Å²) in [5, 5.41) is 12.9. The molecule has 0 atom stereocenters. The number of aromatic amines is 1. The zero-order chi connectivity index (χ0) is 20.4. The van der Waals surface area contributed by atoms with Gasteiger partial charge in [0.1, 0.15) is 6.33 Å². The van der Waals surface area contributed by atoms with Crippen LogP contribution in [-0.4, -0.2) is 30.6 Å². The zero-order valence-corrected chi connectivity index (χ0v) is 17.9. The van der Waals surface area contributed by atoms with E-state index in [1.165, 1.54) is 23.4 Å². The summed E-state index contributed by atoms with van der Waals surface area (Å²) in [6.07, 6.45) is 1.49. The van der Waals surface area contributed by atoms with E-state index in [0.717, 1.165) is 33.4 Å². The molecule has 1 aromatic carbocycles. The Bertz CT molecular complexity index is 1130. The summed E-state index contributed by atoms with van der Waals surface area (Å²) in [6, 6.07) is 9.66. The van der Waals surface area contributed by atoms with E-state index >= 15 is 0 Å².